The van der Waals surface area contributed by atoms with Gasteiger partial charge in [-0.3, -0.25) is 4.21 Å². The smallest absolute Gasteiger partial charge is 0.112 e. The number of hydrogen-bond acceptors (Lipinski definition) is 5. The summed E-state index contributed by atoms with van der Waals surface area (Å²) in [5, 5.41) is 11.4. The Bertz CT molecular complexity index is 512. The molecule has 1 saturated heterocycles. The molecule has 0 radical (unpaired) electrons. The summed E-state index contributed by atoms with van der Waals surface area (Å²) in [5.74, 6) is 0.499. The van der Waals surface area contributed by atoms with Crippen LogP contribution in [0.2, 0.25) is 0 Å². The summed E-state index contributed by atoms with van der Waals surface area (Å²) in [6.45, 7) is 0. The molecule has 0 saturated carbocycles. The number of oxime groups is 1. The fourth-order valence-electron chi connectivity index (χ4n) is 2.32. The first kappa shape index (κ1) is 14.6. The van der Waals surface area contributed by atoms with Crippen molar-refractivity contribution < 1.29 is 14.2 Å². The normalized spacial score (nSPS) is 31.7. The highest BCUT2D eigenvalue weighted by atomic mass is 79.9. The molecule has 0 spiro atoms. The molecular weight excluding hydrogens is 332 g/mol. The standard InChI is InChI=1S/C12H15BrN2O3S/c1-18-12(10-3-2-4-11(13)15-10)5-6-19(17)9(7-12)8-14-16/h2-4,8-9,16H,5-7H2,1H3/b14-8+. The minimum atomic E-state index is -1.03. The molecule has 1 aliphatic heterocycles. The van der Waals surface area contributed by atoms with Gasteiger partial charge in [-0.1, -0.05) is 6.07 Å². The predicted molar refractivity (Wildman–Crippen MR) is 76.9 cm³/mol. The van der Waals surface area contributed by atoms with E-state index >= 15 is 0 Å². The molecule has 5 nitrogen and oxygen atoms in total. The predicted octanol–water partition coefficient (Wildman–Crippen LogP) is 2.06. The van der Waals surface area contributed by atoms with Gasteiger partial charge in [0.15, 0.2) is 0 Å². The summed E-state index contributed by atoms with van der Waals surface area (Å²) >= 11 is 3.35. The maximum atomic E-state index is 11.9. The minimum absolute atomic E-state index is 0.320. The summed E-state index contributed by atoms with van der Waals surface area (Å²) < 4.78 is 18.3. The first-order chi connectivity index (χ1) is 9.11. The molecule has 1 N–H and O–H groups in total. The third kappa shape index (κ3) is 3.04. The van der Waals surface area contributed by atoms with Crippen LogP contribution in [0.5, 0.6) is 0 Å². The Morgan fingerprint density at radius 2 is 2.47 bits per heavy atom. The van der Waals surface area contributed by atoms with Crippen molar-refractivity contribution in [3.8, 4) is 0 Å². The van der Waals surface area contributed by atoms with E-state index in [1.54, 1.807) is 7.11 Å². The number of aromatic nitrogens is 1. The molecule has 1 aromatic rings. The summed E-state index contributed by atoms with van der Waals surface area (Å²) in [6.07, 6.45) is 2.44. The number of rotatable bonds is 3. The van der Waals surface area contributed by atoms with Crippen LogP contribution in [-0.4, -0.2) is 38.7 Å². The van der Waals surface area contributed by atoms with Crippen molar-refractivity contribution in [1.82, 2.24) is 4.98 Å². The molecule has 7 heteroatoms. The lowest BCUT2D eigenvalue weighted by molar-refractivity contribution is -0.0288. The van der Waals surface area contributed by atoms with E-state index in [1.807, 2.05) is 18.2 Å². The van der Waals surface area contributed by atoms with Crippen molar-refractivity contribution in [3.63, 3.8) is 0 Å². The molecule has 1 fully saturated rings. The lowest BCUT2D eigenvalue weighted by Gasteiger charge is -2.37. The highest BCUT2D eigenvalue weighted by Crippen LogP contribution is 2.38. The monoisotopic (exact) mass is 346 g/mol. The van der Waals surface area contributed by atoms with Gasteiger partial charge in [0.05, 0.1) is 17.2 Å². The van der Waals surface area contributed by atoms with Crippen molar-refractivity contribution in [1.29, 1.82) is 0 Å². The van der Waals surface area contributed by atoms with Crippen LogP contribution in [0.15, 0.2) is 28.0 Å². The van der Waals surface area contributed by atoms with Crippen molar-refractivity contribution >= 4 is 32.9 Å². The second kappa shape index (κ2) is 6.11. The molecule has 2 heterocycles. The summed E-state index contributed by atoms with van der Waals surface area (Å²) in [7, 11) is 0.595. The highest BCUT2D eigenvalue weighted by molar-refractivity contribution is 9.10. The van der Waals surface area contributed by atoms with Gasteiger partial charge in [-0.25, -0.2) is 4.98 Å². The molecule has 19 heavy (non-hydrogen) atoms. The van der Waals surface area contributed by atoms with Crippen LogP contribution in [0, 0.1) is 0 Å². The summed E-state index contributed by atoms with van der Waals surface area (Å²) in [6, 6.07) is 5.64. The van der Waals surface area contributed by atoms with E-state index in [0.717, 1.165) is 10.3 Å². The zero-order valence-corrected chi connectivity index (χ0v) is 12.9. The zero-order valence-electron chi connectivity index (χ0n) is 10.5. The number of hydrogen-bond donors (Lipinski definition) is 1. The van der Waals surface area contributed by atoms with Crippen molar-refractivity contribution in [2.45, 2.75) is 23.7 Å². The van der Waals surface area contributed by atoms with Gasteiger partial charge in [-0.15, -0.1) is 5.16 Å². The Hall–Kier alpha value is -0.790. The number of nitrogens with zero attached hydrogens (tertiary/aromatic N) is 2. The largest absolute Gasteiger partial charge is 0.411 e. The molecule has 0 aromatic carbocycles. The van der Waals surface area contributed by atoms with Crippen LogP contribution < -0.4 is 0 Å². The number of methoxy groups -OCH3 is 1. The molecule has 3 unspecified atom stereocenters. The molecule has 1 aliphatic rings. The topological polar surface area (TPSA) is 71.8 Å². The molecule has 0 aliphatic carbocycles. The average Bonchev–Trinajstić information content (AvgIpc) is 2.42. The quantitative estimate of drug-likeness (QED) is 0.393. The maximum absolute atomic E-state index is 11.9. The van der Waals surface area contributed by atoms with Gasteiger partial charge in [-0.2, -0.15) is 0 Å². The van der Waals surface area contributed by atoms with Crippen LogP contribution in [0.4, 0.5) is 0 Å². The van der Waals surface area contributed by atoms with Crippen molar-refractivity contribution in [3.05, 3.63) is 28.5 Å². The Morgan fingerprint density at radius 3 is 3.11 bits per heavy atom. The second-order valence-electron chi connectivity index (χ2n) is 4.39. The van der Waals surface area contributed by atoms with Gasteiger partial charge >= 0.3 is 0 Å². The van der Waals surface area contributed by atoms with Crippen molar-refractivity contribution in [2.75, 3.05) is 12.9 Å². The number of pyridine rings is 1. The summed E-state index contributed by atoms with van der Waals surface area (Å²) in [4.78, 5) is 4.45. The Kier molecular flexibility index (Phi) is 4.70. The molecular formula is C12H15BrN2O3S. The third-order valence-electron chi connectivity index (χ3n) is 3.38. The Balaban J connectivity index is 2.35. The fourth-order valence-corrected chi connectivity index (χ4v) is 4.14. The number of ether oxygens (including phenoxy) is 1. The van der Waals surface area contributed by atoms with E-state index in [2.05, 4.69) is 26.1 Å². The van der Waals surface area contributed by atoms with E-state index < -0.39 is 16.4 Å². The van der Waals surface area contributed by atoms with Gasteiger partial charge < -0.3 is 9.94 Å². The van der Waals surface area contributed by atoms with Crippen LogP contribution in [0.3, 0.4) is 0 Å². The van der Waals surface area contributed by atoms with E-state index in [1.165, 1.54) is 6.21 Å². The van der Waals surface area contributed by atoms with Gasteiger partial charge in [0.1, 0.15) is 10.2 Å². The maximum Gasteiger partial charge on any atom is 0.112 e. The average molecular weight is 347 g/mol. The molecule has 1 aromatic heterocycles. The van der Waals surface area contributed by atoms with Gasteiger partial charge in [-0.05, 0) is 34.5 Å². The lowest BCUT2D eigenvalue weighted by Crippen LogP contribution is -2.42. The number of halogens is 1. The van der Waals surface area contributed by atoms with Gasteiger partial charge in [0.25, 0.3) is 0 Å². The Morgan fingerprint density at radius 1 is 1.68 bits per heavy atom. The highest BCUT2D eigenvalue weighted by Gasteiger charge is 2.42. The third-order valence-corrected chi connectivity index (χ3v) is 5.39. The molecule has 3 atom stereocenters. The van der Waals surface area contributed by atoms with Crippen LogP contribution in [-0.2, 0) is 21.1 Å². The molecule has 0 amide bonds. The van der Waals surface area contributed by atoms with Gasteiger partial charge in [0, 0.05) is 30.1 Å². The zero-order chi connectivity index (χ0) is 13.9. The molecule has 2 rings (SSSR count). The summed E-state index contributed by atoms with van der Waals surface area (Å²) in [5.41, 5.74) is 0.223. The fraction of sp³-hybridized carbons (Fsp3) is 0.500. The minimum Gasteiger partial charge on any atom is -0.411 e. The SMILES string of the molecule is COC1(c2cccc(Br)n2)CCS(=O)C(/C=N/O)C1. The van der Waals surface area contributed by atoms with Gasteiger partial charge in [0.2, 0.25) is 0 Å². The Labute approximate surface area is 122 Å². The first-order valence-electron chi connectivity index (χ1n) is 5.84. The van der Waals surface area contributed by atoms with E-state index in [4.69, 9.17) is 9.94 Å². The van der Waals surface area contributed by atoms with Crippen LogP contribution >= 0.6 is 15.9 Å². The first-order valence-corrected chi connectivity index (χ1v) is 8.02. The van der Waals surface area contributed by atoms with E-state index in [0.29, 0.717) is 18.6 Å². The van der Waals surface area contributed by atoms with E-state index in [9.17, 15) is 4.21 Å². The molecule has 0 bridgehead atoms. The second-order valence-corrected chi connectivity index (χ2v) is 6.97. The van der Waals surface area contributed by atoms with E-state index in [-0.39, 0.29) is 5.25 Å². The molecule has 104 valence electrons. The van der Waals surface area contributed by atoms with Crippen LogP contribution in [0.1, 0.15) is 18.5 Å². The lowest BCUT2D eigenvalue weighted by atomic mass is 9.89. The van der Waals surface area contributed by atoms with Crippen molar-refractivity contribution in [2.24, 2.45) is 5.16 Å². The van der Waals surface area contributed by atoms with Crippen LogP contribution in [0.25, 0.3) is 0 Å².